The third kappa shape index (κ3) is 3.64. The van der Waals surface area contributed by atoms with Gasteiger partial charge in [-0.2, -0.15) is 13.2 Å². The second-order valence-corrected chi connectivity index (χ2v) is 4.85. The summed E-state index contributed by atoms with van der Waals surface area (Å²) in [5.41, 5.74) is -1.09. The molecule has 0 bridgehead atoms. The number of halogens is 4. The number of benzene rings is 1. The molecule has 0 saturated heterocycles. The average molecular weight is 301 g/mol. The van der Waals surface area contributed by atoms with Crippen molar-refractivity contribution in [3.63, 3.8) is 0 Å². The van der Waals surface area contributed by atoms with Gasteiger partial charge in [0.25, 0.3) is 0 Å². The fourth-order valence-electron chi connectivity index (χ4n) is 1.93. The van der Waals surface area contributed by atoms with Gasteiger partial charge in [0, 0.05) is 12.5 Å². The molecule has 6 heteroatoms. The van der Waals surface area contributed by atoms with Gasteiger partial charge in [0.15, 0.2) is 0 Å². The van der Waals surface area contributed by atoms with Gasteiger partial charge < -0.3 is 9.73 Å². The summed E-state index contributed by atoms with van der Waals surface area (Å²) < 4.78 is 57.2. The Kier molecular flexibility index (Phi) is 4.37. The van der Waals surface area contributed by atoms with Crippen LogP contribution in [0.5, 0.6) is 0 Å². The lowest BCUT2D eigenvalue weighted by Gasteiger charge is -2.09. The highest BCUT2D eigenvalue weighted by Gasteiger charge is 2.31. The van der Waals surface area contributed by atoms with E-state index in [1.54, 1.807) is 13.1 Å². The Balaban J connectivity index is 2.33. The Morgan fingerprint density at radius 3 is 2.52 bits per heavy atom. The van der Waals surface area contributed by atoms with E-state index in [9.17, 15) is 17.6 Å². The van der Waals surface area contributed by atoms with Gasteiger partial charge in [0.1, 0.15) is 17.3 Å². The quantitative estimate of drug-likeness (QED) is 0.854. The second-order valence-electron chi connectivity index (χ2n) is 4.85. The van der Waals surface area contributed by atoms with Crippen LogP contribution in [0.4, 0.5) is 17.6 Å². The smallest absolute Gasteiger partial charge is 0.416 e. The van der Waals surface area contributed by atoms with Crippen molar-refractivity contribution in [1.82, 2.24) is 5.32 Å². The molecule has 1 heterocycles. The Hall–Kier alpha value is -1.82. The van der Waals surface area contributed by atoms with Crippen LogP contribution in [0, 0.1) is 5.82 Å². The molecule has 114 valence electrons. The van der Waals surface area contributed by atoms with Gasteiger partial charge in [-0.05, 0) is 44.3 Å². The predicted octanol–water partition coefficient (Wildman–Crippen LogP) is 4.25. The summed E-state index contributed by atoms with van der Waals surface area (Å²) >= 11 is 0. The third-order valence-corrected chi connectivity index (χ3v) is 3.22. The molecule has 0 aliphatic heterocycles. The first kappa shape index (κ1) is 15.6. The number of likely N-dealkylation sites (N-methyl/N-ethyl adjacent to an activating group) is 1. The van der Waals surface area contributed by atoms with Gasteiger partial charge in [-0.15, -0.1) is 0 Å². The third-order valence-electron chi connectivity index (χ3n) is 3.22. The van der Waals surface area contributed by atoms with E-state index in [4.69, 9.17) is 4.42 Å². The largest absolute Gasteiger partial charge is 0.461 e. The summed E-state index contributed by atoms with van der Waals surface area (Å²) in [6, 6.07) is 5.55. The molecule has 0 aliphatic carbocycles. The van der Waals surface area contributed by atoms with Crippen LogP contribution in [0.15, 0.2) is 34.7 Å². The van der Waals surface area contributed by atoms with Crippen molar-refractivity contribution in [1.29, 1.82) is 0 Å². The van der Waals surface area contributed by atoms with E-state index in [0.717, 1.165) is 12.1 Å². The first-order valence-electron chi connectivity index (χ1n) is 6.44. The highest BCUT2D eigenvalue weighted by atomic mass is 19.4. The van der Waals surface area contributed by atoms with E-state index >= 15 is 0 Å². The Morgan fingerprint density at radius 1 is 1.19 bits per heavy atom. The van der Waals surface area contributed by atoms with Crippen LogP contribution in [0.2, 0.25) is 0 Å². The normalized spacial score (nSPS) is 13.4. The Labute approximate surface area is 119 Å². The SMILES string of the molecule is CNC(C)Cc1ccc(-c2cc(C(F)(F)F)ccc2F)o1. The van der Waals surface area contributed by atoms with Crippen molar-refractivity contribution in [2.45, 2.75) is 25.6 Å². The zero-order valence-corrected chi connectivity index (χ0v) is 11.6. The van der Waals surface area contributed by atoms with Crippen LogP contribution in [-0.2, 0) is 12.6 Å². The fraction of sp³-hybridized carbons (Fsp3) is 0.333. The van der Waals surface area contributed by atoms with Crippen molar-refractivity contribution < 1.29 is 22.0 Å². The lowest BCUT2D eigenvalue weighted by molar-refractivity contribution is -0.137. The lowest BCUT2D eigenvalue weighted by atomic mass is 10.1. The number of hydrogen-bond acceptors (Lipinski definition) is 2. The zero-order chi connectivity index (χ0) is 15.6. The monoisotopic (exact) mass is 301 g/mol. The first-order valence-corrected chi connectivity index (χ1v) is 6.44. The molecule has 2 nitrogen and oxygen atoms in total. The summed E-state index contributed by atoms with van der Waals surface area (Å²) in [5, 5.41) is 3.02. The molecule has 0 saturated carbocycles. The molecule has 1 atom stereocenters. The highest BCUT2D eigenvalue weighted by Crippen LogP contribution is 2.34. The highest BCUT2D eigenvalue weighted by molar-refractivity contribution is 5.60. The van der Waals surface area contributed by atoms with E-state index in [1.807, 2.05) is 6.92 Å². The molecule has 1 N–H and O–H groups in total. The van der Waals surface area contributed by atoms with E-state index < -0.39 is 17.6 Å². The maximum absolute atomic E-state index is 13.7. The molecule has 0 amide bonds. The molecule has 1 aromatic heterocycles. The molecule has 2 aromatic rings. The summed E-state index contributed by atoms with van der Waals surface area (Å²) in [6.45, 7) is 1.94. The zero-order valence-electron chi connectivity index (χ0n) is 11.6. The van der Waals surface area contributed by atoms with Crippen LogP contribution >= 0.6 is 0 Å². The minimum atomic E-state index is -4.52. The van der Waals surface area contributed by atoms with Crippen molar-refractivity contribution in [3.8, 4) is 11.3 Å². The van der Waals surface area contributed by atoms with Crippen LogP contribution < -0.4 is 5.32 Å². The van der Waals surface area contributed by atoms with Crippen molar-refractivity contribution in [3.05, 3.63) is 47.5 Å². The topological polar surface area (TPSA) is 25.2 Å². The maximum Gasteiger partial charge on any atom is 0.416 e. The molecule has 0 spiro atoms. The standard InChI is InChI=1S/C15H15F4NO/c1-9(20-2)7-11-4-6-14(21-11)12-8-10(15(17,18)19)3-5-13(12)16/h3-6,8-9,20H,7H2,1-2H3. The van der Waals surface area contributed by atoms with Crippen LogP contribution in [-0.4, -0.2) is 13.1 Å². The van der Waals surface area contributed by atoms with E-state index in [0.29, 0.717) is 18.2 Å². The first-order chi connectivity index (χ1) is 9.81. The van der Waals surface area contributed by atoms with Gasteiger partial charge in [-0.1, -0.05) is 0 Å². The van der Waals surface area contributed by atoms with Crippen molar-refractivity contribution in [2.75, 3.05) is 7.05 Å². The Morgan fingerprint density at radius 2 is 1.90 bits per heavy atom. The molecule has 1 aromatic carbocycles. The molecule has 2 rings (SSSR count). The predicted molar refractivity (Wildman–Crippen MR) is 71.3 cm³/mol. The second kappa shape index (κ2) is 5.89. The minimum absolute atomic E-state index is 0.0944. The van der Waals surface area contributed by atoms with Crippen LogP contribution in [0.1, 0.15) is 18.2 Å². The van der Waals surface area contributed by atoms with Gasteiger partial charge >= 0.3 is 6.18 Å². The summed E-state index contributed by atoms with van der Waals surface area (Å²) in [6.07, 6.45) is -3.95. The molecule has 0 aliphatic rings. The number of alkyl halides is 3. The van der Waals surface area contributed by atoms with Gasteiger partial charge in [0.2, 0.25) is 0 Å². The number of hydrogen-bond donors (Lipinski definition) is 1. The average Bonchev–Trinajstić information content (AvgIpc) is 2.86. The maximum atomic E-state index is 13.7. The number of nitrogens with one attached hydrogen (secondary N) is 1. The Bertz CT molecular complexity index is 618. The fourth-order valence-corrected chi connectivity index (χ4v) is 1.93. The molecular formula is C15H15F4NO. The summed E-state index contributed by atoms with van der Waals surface area (Å²) in [4.78, 5) is 0. The summed E-state index contributed by atoms with van der Waals surface area (Å²) in [5.74, 6) is -0.0638. The van der Waals surface area contributed by atoms with E-state index in [-0.39, 0.29) is 17.4 Å². The number of rotatable bonds is 4. The van der Waals surface area contributed by atoms with Crippen LogP contribution in [0.25, 0.3) is 11.3 Å². The van der Waals surface area contributed by atoms with Gasteiger partial charge in [-0.25, -0.2) is 4.39 Å². The van der Waals surface area contributed by atoms with Gasteiger partial charge in [-0.3, -0.25) is 0 Å². The van der Waals surface area contributed by atoms with Crippen molar-refractivity contribution >= 4 is 0 Å². The molecule has 1 unspecified atom stereocenters. The van der Waals surface area contributed by atoms with Gasteiger partial charge in [0.05, 0.1) is 11.1 Å². The van der Waals surface area contributed by atoms with Crippen LogP contribution in [0.3, 0.4) is 0 Å². The lowest BCUT2D eigenvalue weighted by Crippen LogP contribution is -2.23. The molecule has 21 heavy (non-hydrogen) atoms. The minimum Gasteiger partial charge on any atom is -0.461 e. The molecular weight excluding hydrogens is 286 g/mol. The van der Waals surface area contributed by atoms with E-state index in [1.165, 1.54) is 6.07 Å². The van der Waals surface area contributed by atoms with E-state index in [2.05, 4.69) is 5.32 Å². The molecule has 0 fully saturated rings. The molecule has 0 radical (unpaired) electrons. The number of furan rings is 1. The van der Waals surface area contributed by atoms with Crippen molar-refractivity contribution in [2.24, 2.45) is 0 Å². The summed E-state index contributed by atoms with van der Waals surface area (Å²) in [7, 11) is 1.79.